The molecular weight excluding hydrogens is 512 g/mol. The topological polar surface area (TPSA) is 93.4 Å². The minimum absolute atomic E-state index is 0.0281. The summed E-state index contributed by atoms with van der Waals surface area (Å²) in [7, 11) is 6.29. The molecule has 1 saturated carbocycles. The molecule has 0 spiro atoms. The van der Waals surface area contributed by atoms with Crippen molar-refractivity contribution in [1.29, 1.82) is 0 Å². The predicted molar refractivity (Wildman–Crippen MR) is 167 cm³/mol. The van der Waals surface area contributed by atoms with Crippen LogP contribution in [-0.2, 0) is 24.4 Å². The third-order valence-electron chi connectivity index (χ3n) is 8.27. The van der Waals surface area contributed by atoms with Crippen LogP contribution in [-0.4, -0.2) is 54.0 Å². The van der Waals surface area contributed by atoms with Crippen molar-refractivity contribution in [1.82, 2.24) is 25.5 Å². The van der Waals surface area contributed by atoms with E-state index in [4.69, 9.17) is 4.98 Å². The Bertz CT molecular complexity index is 1400. The van der Waals surface area contributed by atoms with Gasteiger partial charge in [-0.2, -0.15) is 0 Å². The van der Waals surface area contributed by atoms with Gasteiger partial charge in [-0.1, -0.05) is 6.07 Å². The highest BCUT2D eigenvalue weighted by atomic mass is 16.1. The largest absolute Gasteiger partial charge is 0.371 e. The predicted octanol–water partition coefficient (Wildman–Crippen LogP) is 4.60. The summed E-state index contributed by atoms with van der Waals surface area (Å²) in [6.45, 7) is 9.65. The van der Waals surface area contributed by atoms with Crippen LogP contribution in [0.3, 0.4) is 0 Å². The van der Waals surface area contributed by atoms with Gasteiger partial charge in [-0.15, -0.1) is 0 Å². The van der Waals surface area contributed by atoms with E-state index in [1.54, 1.807) is 6.92 Å². The third kappa shape index (κ3) is 7.83. The summed E-state index contributed by atoms with van der Waals surface area (Å²) in [5.74, 6) is 0.0514. The van der Waals surface area contributed by atoms with E-state index < -0.39 is 0 Å². The minimum Gasteiger partial charge on any atom is -0.371 e. The average Bonchev–Trinajstić information content (AvgIpc) is 2.91. The second-order valence-electron chi connectivity index (χ2n) is 11.9. The number of carbonyl (C=O) groups excluding carboxylic acids is 1. The van der Waals surface area contributed by atoms with Gasteiger partial charge in [0.2, 0.25) is 5.91 Å². The number of nitrogens with zero attached hydrogens (tertiary/aromatic N) is 3. The van der Waals surface area contributed by atoms with Crippen LogP contribution in [0.15, 0.2) is 41.3 Å². The number of aromatic amines is 1. The molecule has 0 radical (unpaired) electrons. The fraction of sp³-hybridized carbons (Fsp3) is 0.485. The third-order valence-corrected chi connectivity index (χ3v) is 8.27. The standard InChI is InChI=1S/C33H46N6O2/c1-21-14-22(2)36-33(41)31(21)19-34-17-27-15-26(25-8-9-29(35-18-25)20-38(5)6)16-32(23(27)3)39(7)30-12-10-28(11-13-30)37-24(4)40/h8-9,14-16,18,28,30,34H,10-13,17,19-20H2,1-7H3,(H,36,41)(H,37,40). The number of aryl methyl sites for hydroxylation is 2. The number of hydrogen-bond acceptors (Lipinski definition) is 6. The van der Waals surface area contributed by atoms with Gasteiger partial charge >= 0.3 is 0 Å². The summed E-state index contributed by atoms with van der Waals surface area (Å²) >= 11 is 0. The Morgan fingerprint density at radius 3 is 2.34 bits per heavy atom. The molecule has 3 aromatic rings. The highest BCUT2D eigenvalue weighted by molar-refractivity contribution is 5.73. The van der Waals surface area contributed by atoms with Crippen molar-refractivity contribution in [3.05, 3.63) is 80.5 Å². The van der Waals surface area contributed by atoms with E-state index in [0.29, 0.717) is 19.1 Å². The molecule has 220 valence electrons. The number of benzene rings is 1. The smallest absolute Gasteiger partial charge is 0.252 e. The van der Waals surface area contributed by atoms with E-state index in [0.717, 1.165) is 65.9 Å². The number of carbonyl (C=O) groups is 1. The lowest BCUT2D eigenvalue weighted by Crippen LogP contribution is -2.42. The number of nitrogens with one attached hydrogen (secondary N) is 3. The normalized spacial score (nSPS) is 17.1. The van der Waals surface area contributed by atoms with E-state index in [1.807, 2.05) is 40.2 Å². The summed E-state index contributed by atoms with van der Waals surface area (Å²) in [6, 6.07) is 11.5. The molecule has 0 aliphatic heterocycles. The lowest BCUT2D eigenvalue weighted by atomic mass is 9.89. The summed E-state index contributed by atoms with van der Waals surface area (Å²) < 4.78 is 0. The fourth-order valence-corrected chi connectivity index (χ4v) is 6.00. The minimum atomic E-state index is -0.0281. The molecule has 8 heteroatoms. The molecule has 8 nitrogen and oxygen atoms in total. The quantitative estimate of drug-likeness (QED) is 0.337. The molecule has 3 N–H and O–H groups in total. The number of anilines is 1. The summed E-state index contributed by atoms with van der Waals surface area (Å²) in [6.07, 6.45) is 6.02. The molecular formula is C33H46N6O2. The molecule has 0 unspecified atom stereocenters. The molecule has 1 amide bonds. The maximum absolute atomic E-state index is 12.6. The molecule has 0 bridgehead atoms. The van der Waals surface area contributed by atoms with Crippen LogP contribution in [0.25, 0.3) is 11.1 Å². The summed E-state index contributed by atoms with van der Waals surface area (Å²) in [5, 5.41) is 6.63. The van der Waals surface area contributed by atoms with Crippen molar-refractivity contribution < 1.29 is 4.79 Å². The van der Waals surface area contributed by atoms with Gasteiger partial charge in [0.25, 0.3) is 5.56 Å². The lowest BCUT2D eigenvalue weighted by Gasteiger charge is -2.37. The van der Waals surface area contributed by atoms with Crippen molar-refractivity contribution in [3.63, 3.8) is 0 Å². The summed E-state index contributed by atoms with van der Waals surface area (Å²) in [4.78, 5) is 36.3. The van der Waals surface area contributed by atoms with Gasteiger partial charge in [-0.25, -0.2) is 0 Å². The van der Waals surface area contributed by atoms with Crippen molar-refractivity contribution in [2.45, 2.75) is 85.1 Å². The molecule has 1 fully saturated rings. The molecule has 1 aliphatic rings. The first-order valence-electron chi connectivity index (χ1n) is 14.7. The van der Waals surface area contributed by atoms with Gasteiger partial charge in [0.1, 0.15) is 0 Å². The number of pyridine rings is 2. The average molecular weight is 559 g/mol. The Labute approximate surface area is 244 Å². The number of H-pyrrole nitrogens is 1. The van der Waals surface area contributed by atoms with Crippen molar-refractivity contribution >= 4 is 11.6 Å². The van der Waals surface area contributed by atoms with Gasteiger partial charge in [0, 0.05) is 74.4 Å². The van der Waals surface area contributed by atoms with Crippen LogP contribution in [0.2, 0.25) is 0 Å². The van der Waals surface area contributed by atoms with Gasteiger partial charge in [-0.3, -0.25) is 14.6 Å². The molecule has 0 saturated heterocycles. The van der Waals surface area contributed by atoms with E-state index >= 15 is 0 Å². The van der Waals surface area contributed by atoms with Crippen molar-refractivity contribution in [2.75, 3.05) is 26.0 Å². The zero-order valence-electron chi connectivity index (χ0n) is 25.7. The lowest BCUT2D eigenvalue weighted by molar-refractivity contribution is -0.119. The zero-order valence-corrected chi connectivity index (χ0v) is 25.7. The van der Waals surface area contributed by atoms with Crippen LogP contribution < -0.4 is 21.1 Å². The van der Waals surface area contributed by atoms with Gasteiger partial charge in [-0.05, 0) is 107 Å². The van der Waals surface area contributed by atoms with Crippen LogP contribution in [0, 0.1) is 20.8 Å². The van der Waals surface area contributed by atoms with Gasteiger partial charge in [0.05, 0.1) is 5.69 Å². The highest BCUT2D eigenvalue weighted by Crippen LogP contribution is 2.34. The molecule has 2 heterocycles. The molecule has 41 heavy (non-hydrogen) atoms. The molecule has 0 atom stereocenters. The molecule has 1 aliphatic carbocycles. The Morgan fingerprint density at radius 2 is 1.73 bits per heavy atom. The number of aromatic nitrogens is 2. The molecule has 4 rings (SSSR count). The van der Waals surface area contributed by atoms with E-state index in [1.165, 1.54) is 16.8 Å². The van der Waals surface area contributed by atoms with Crippen molar-refractivity contribution in [2.24, 2.45) is 0 Å². The number of amides is 1. The zero-order chi connectivity index (χ0) is 29.7. The highest BCUT2D eigenvalue weighted by Gasteiger charge is 2.26. The first-order valence-corrected chi connectivity index (χ1v) is 14.7. The van der Waals surface area contributed by atoms with Crippen LogP contribution in [0.5, 0.6) is 0 Å². The summed E-state index contributed by atoms with van der Waals surface area (Å²) in [5.41, 5.74) is 9.54. The molecule has 2 aromatic heterocycles. The van der Waals surface area contributed by atoms with E-state index in [2.05, 4.69) is 63.7 Å². The first kappa shape index (κ1) is 30.5. The number of rotatable bonds is 10. The maximum atomic E-state index is 12.6. The first-order chi connectivity index (χ1) is 19.5. The van der Waals surface area contributed by atoms with Crippen LogP contribution in [0.1, 0.15) is 66.2 Å². The Kier molecular flexibility index (Phi) is 9.99. The van der Waals surface area contributed by atoms with Crippen LogP contribution >= 0.6 is 0 Å². The second kappa shape index (κ2) is 13.4. The fourth-order valence-electron chi connectivity index (χ4n) is 6.00. The Hall–Kier alpha value is -3.49. The monoisotopic (exact) mass is 558 g/mol. The Morgan fingerprint density at radius 1 is 1.00 bits per heavy atom. The maximum Gasteiger partial charge on any atom is 0.252 e. The van der Waals surface area contributed by atoms with Crippen molar-refractivity contribution in [3.8, 4) is 11.1 Å². The van der Waals surface area contributed by atoms with Crippen LogP contribution in [0.4, 0.5) is 5.69 Å². The number of hydrogen-bond donors (Lipinski definition) is 3. The Balaban J connectivity index is 1.61. The SMILES string of the molecule is CC(=O)NC1CCC(N(C)c2cc(-c3ccc(CN(C)C)nc3)cc(CNCc3c(C)cc(C)[nH]c3=O)c2C)CC1. The van der Waals surface area contributed by atoms with Gasteiger partial charge in [0.15, 0.2) is 0 Å². The van der Waals surface area contributed by atoms with E-state index in [-0.39, 0.29) is 17.5 Å². The van der Waals surface area contributed by atoms with E-state index in [9.17, 15) is 9.59 Å². The second-order valence-corrected chi connectivity index (χ2v) is 11.9. The van der Waals surface area contributed by atoms with Gasteiger partial charge < -0.3 is 25.4 Å². The molecule has 1 aromatic carbocycles.